The normalized spacial score (nSPS) is 27.4. The summed E-state index contributed by atoms with van der Waals surface area (Å²) >= 11 is 13.6. The molecule has 0 radical (unpaired) electrons. The molecule has 4 atom stereocenters. The molecule has 16 nitrogen and oxygen atoms in total. The van der Waals surface area contributed by atoms with Gasteiger partial charge in [-0.3, -0.25) is 0 Å². The first-order valence-electron chi connectivity index (χ1n) is 22.4. The second-order valence-corrected chi connectivity index (χ2v) is 19.5. The van der Waals surface area contributed by atoms with E-state index in [1.807, 2.05) is 0 Å². The van der Waals surface area contributed by atoms with Crippen LogP contribution in [0, 0.1) is 35.5 Å². The summed E-state index contributed by atoms with van der Waals surface area (Å²) in [7, 11) is 0. The molecule has 6 fully saturated rings. The maximum Gasteiger partial charge on any atom is 0.443 e. The number of halogens is 2. The lowest BCUT2D eigenvalue weighted by atomic mass is 9.85. The van der Waals surface area contributed by atoms with Crippen molar-refractivity contribution in [1.82, 2.24) is 30.2 Å². The number of aromatic nitrogens is 4. The van der Waals surface area contributed by atoms with Crippen LogP contribution in [0.2, 0.25) is 10.0 Å². The molecule has 0 spiro atoms. The Labute approximate surface area is 367 Å². The molecule has 2 aromatic heterocycles. The van der Waals surface area contributed by atoms with E-state index < -0.39 is 11.9 Å². The van der Waals surface area contributed by atoms with E-state index >= 15 is 0 Å². The van der Waals surface area contributed by atoms with Crippen molar-refractivity contribution in [3.63, 3.8) is 0 Å². The molecule has 0 amide bonds. The Morgan fingerprint density at radius 1 is 0.629 bits per heavy atom. The molecule has 4 aromatic rings. The minimum absolute atomic E-state index is 0.218. The number of carbonyl (C=O) groups is 2. The van der Waals surface area contributed by atoms with Crippen LogP contribution in [0.1, 0.15) is 86.1 Å². The number of ether oxygens (including phenoxy) is 2. The molecular formula is C44H48Cl2N8O8. The standard InChI is InChI=1S/C44H48Cl2N8O8/c45-31-13-25(39-47-49-41(59-39)33-27-17-53(18-28(27)33)15-21-5-1-6-21)37-23(9-3-11-57-37)35(31)51-61-43(55)44(56)62-52-36-24-10-4-12-58-38(24)26(14-32(36)46)40-48-50-42(60-40)34-29-19-54(20-30(29)34)16-22-7-2-8-22/h13-14,21-22,27-30,33-34,51-52H,1-12,15-20H2. The van der Waals surface area contributed by atoms with Crippen molar-refractivity contribution in [3.8, 4) is 34.4 Å². The SMILES string of the molecule is O=C(ONc1c(Cl)cc(-c2nnc(C3C4CN(CC5CCC5)CC43)o2)c2c1CCCO2)C(=O)ONc1c(Cl)cc(-c2nnc(C3C4CN(CC5CCC5)CC43)o2)c2c1CCCO2. The molecule has 4 saturated carbocycles. The first-order valence-corrected chi connectivity index (χ1v) is 23.1. The zero-order chi connectivity index (χ0) is 41.6. The highest BCUT2D eigenvalue weighted by Gasteiger charge is 2.60. The van der Waals surface area contributed by atoms with Crippen molar-refractivity contribution in [2.45, 2.75) is 76.0 Å². The van der Waals surface area contributed by atoms with Gasteiger partial charge >= 0.3 is 11.9 Å². The number of benzene rings is 2. The molecule has 6 heterocycles. The van der Waals surface area contributed by atoms with Crippen molar-refractivity contribution in [1.29, 1.82) is 0 Å². The summed E-state index contributed by atoms with van der Waals surface area (Å²) in [6, 6.07) is 3.28. The topological polar surface area (TPSA) is 179 Å². The maximum atomic E-state index is 13.0. The van der Waals surface area contributed by atoms with Crippen LogP contribution in [0.5, 0.6) is 11.5 Å². The Balaban J connectivity index is 0.685. The van der Waals surface area contributed by atoms with Gasteiger partial charge in [0.25, 0.3) is 11.8 Å². The van der Waals surface area contributed by atoms with Gasteiger partial charge in [0.15, 0.2) is 0 Å². The van der Waals surface area contributed by atoms with Gasteiger partial charge in [-0.25, -0.2) is 20.5 Å². The summed E-state index contributed by atoms with van der Waals surface area (Å²) in [5.41, 5.74) is 8.17. The summed E-state index contributed by atoms with van der Waals surface area (Å²) in [6.07, 6.45) is 10.7. The highest BCUT2D eigenvalue weighted by Crippen LogP contribution is 2.60. The second-order valence-electron chi connectivity index (χ2n) is 18.7. The van der Waals surface area contributed by atoms with Crippen LogP contribution >= 0.6 is 23.2 Å². The molecule has 326 valence electrons. The number of rotatable bonds is 12. The van der Waals surface area contributed by atoms with Crippen LogP contribution in [0.15, 0.2) is 21.0 Å². The smallest absolute Gasteiger partial charge is 0.443 e. The van der Waals surface area contributed by atoms with Crippen LogP contribution < -0.4 is 20.4 Å². The summed E-state index contributed by atoms with van der Waals surface area (Å²) in [6.45, 7) is 7.68. The molecular weight excluding hydrogens is 839 g/mol. The van der Waals surface area contributed by atoms with E-state index in [2.05, 4.69) is 41.2 Å². The minimum atomic E-state index is -1.32. The molecule has 4 aliphatic heterocycles. The van der Waals surface area contributed by atoms with Crippen molar-refractivity contribution in [3.05, 3.63) is 45.1 Å². The molecule has 18 heteroatoms. The van der Waals surface area contributed by atoms with Gasteiger partial charge in [0.2, 0.25) is 11.8 Å². The molecule has 0 bridgehead atoms. The van der Waals surface area contributed by atoms with E-state index in [0.29, 0.717) is 120 Å². The molecule has 4 unspecified atom stereocenters. The highest BCUT2D eigenvalue weighted by molar-refractivity contribution is 6.35. The van der Waals surface area contributed by atoms with E-state index in [-0.39, 0.29) is 33.3 Å². The maximum absolute atomic E-state index is 13.0. The van der Waals surface area contributed by atoms with Crippen LogP contribution in [0.4, 0.5) is 11.4 Å². The highest BCUT2D eigenvalue weighted by atomic mass is 35.5. The quantitative estimate of drug-likeness (QED) is 0.109. The third kappa shape index (κ3) is 6.96. The van der Waals surface area contributed by atoms with Gasteiger partial charge in [-0.15, -0.1) is 20.4 Å². The number of fused-ring (bicyclic) bond motifs is 4. The summed E-state index contributed by atoms with van der Waals surface area (Å²) in [5.74, 6) is 4.76. The molecule has 8 aliphatic rings. The molecule has 4 aliphatic carbocycles. The van der Waals surface area contributed by atoms with Crippen LogP contribution in [0.25, 0.3) is 22.9 Å². The van der Waals surface area contributed by atoms with E-state index in [4.69, 9.17) is 51.2 Å². The van der Waals surface area contributed by atoms with Crippen molar-refractivity contribution < 1.29 is 37.6 Å². The van der Waals surface area contributed by atoms with E-state index in [1.165, 1.54) is 51.6 Å². The Kier molecular flexibility index (Phi) is 9.79. The van der Waals surface area contributed by atoms with Crippen LogP contribution in [0.3, 0.4) is 0 Å². The first-order chi connectivity index (χ1) is 30.3. The van der Waals surface area contributed by atoms with Crippen LogP contribution in [-0.2, 0) is 32.1 Å². The average Bonchev–Trinajstić information content (AvgIpc) is 3.69. The Morgan fingerprint density at radius 3 is 1.44 bits per heavy atom. The van der Waals surface area contributed by atoms with Gasteiger partial charge in [0.05, 0.1) is 45.8 Å². The molecule has 2 saturated heterocycles. The zero-order valence-corrected chi connectivity index (χ0v) is 35.7. The predicted molar refractivity (Wildman–Crippen MR) is 224 cm³/mol. The number of nitrogens with one attached hydrogen (secondary N) is 2. The monoisotopic (exact) mass is 886 g/mol. The summed E-state index contributed by atoms with van der Waals surface area (Å²) in [5, 5.41) is 18.1. The average molecular weight is 888 g/mol. The third-order valence-electron chi connectivity index (χ3n) is 14.9. The third-order valence-corrected chi connectivity index (χ3v) is 15.5. The molecule has 12 rings (SSSR count). The number of carbonyl (C=O) groups excluding carboxylic acids is 2. The van der Waals surface area contributed by atoms with Gasteiger partial charge < -0.3 is 37.8 Å². The molecule has 62 heavy (non-hydrogen) atoms. The van der Waals surface area contributed by atoms with Gasteiger partial charge in [0.1, 0.15) is 11.5 Å². The Bertz CT molecular complexity index is 2250. The lowest BCUT2D eigenvalue weighted by Crippen LogP contribution is -2.32. The Hall–Kier alpha value is -4.64. The number of hydrogen-bond acceptors (Lipinski definition) is 16. The zero-order valence-electron chi connectivity index (χ0n) is 34.2. The number of hydrogen-bond donors (Lipinski definition) is 2. The van der Waals surface area contributed by atoms with Gasteiger partial charge in [-0.1, -0.05) is 36.0 Å². The lowest BCUT2D eigenvalue weighted by molar-refractivity contribution is -0.164. The Morgan fingerprint density at radius 2 is 1.05 bits per heavy atom. The van der Waals surface area contributed by atoms with Gasteiger partial charge in [0, 0.05) is 62.2 Å². The minimum Gasteiger partial charge on any atom is -0.492 e. The van der Waals surface area contributed by atoms with Gasteiger partial charge in [-0.05, 0) is 99.0 Å². The number of anilines is 2. The fourth-order valence-electron chi connectivity index (χ4n) is 11.1. The fraction of sp³-hybridized carbons (Fsp3) is 0.591. The van der Waals surface area contributed by atoms with Crippen molar-refractivity contribution >= 4 is 46.5 Å². The van der Waals surface area contributed by atoms with E-state index in [1.54, 1.807) is 12.1 Å². The van der Waals surface area contributed by atoms with E-state index in [9.17, 15) is 9.59 Å². The van der Waals surface area contributed by atoms with E-state index in [0.717, 1.165) is 38.0 Å². The lowest BCUT2D eigenvalue weighted by Gasteiger charge is -2.31. The summed E-state index contributed by atoms with van der Waals surface area (Å²) < 4.78 is 24.7. The fourth-order valence-corrected chi connectivity index (χ4v) is 11.7. The van der Waals surface area contributed by atoms with Gasteiger partial charge in [-0.2, -0.15) is 0 Å². The second kappa shape index (κ2) is 15.6. The first kappa shape index (κ1) is 39.0. The molecule has 2 N–H and O–H groups in total. The largest absolute Gasteiger partial charge is 0.492 e. The molecule has 2 aromatic carbocycles. The predicted octanol–water partition coefficient (Wildman–Crippen LogP) is 7.07. The van der Waals surface area contributed by atoms with Crippen LogP contribution in [-0.4, -0.2) is 94.6 Å². The number of piperidine rings is 2. The van der Waals surface area contributed by atoms with Crippen molar-refractivity contribution in [2.24, 2.45) is 35.5 Å². The van der Waals surface area contributed by atoms with Crippen molar-refractivity contribution in [2.75, 3.05) is 63.4 Å². The number of likely N-dealkylation sites (tertiary alicyclic amines) is 2. The summed E-state index contributed by atoms with van der Waals surface area (Å²) in [4.78, 5) is 41.6. The number of nitrogens with zero attached hydrogens (tertiary/aromatic N) is 6.